The van der Waals surface area contributed by atoms with E-state index in [4.69, 9.17) is 8.54 Å². The number of hydrogen-bond acceptors (Lipinski definition) is 2. The summed E-state index contributed by atoms with van der Waals surface area (Å²) < 4.78 is 13.7. The average Bonchev–Trinajstić information content (AvgIpc) is 2.45. The van der Waals surface area contributed by atoms with Crippen molar-refractivity contribution in [1.82, 2.24) is 0 Å². The van der Waals surface area contributed by atoms with Gasteiger partial charge in [-0.2, -0.15) is 0 Å². The van der Waals surface area contributed by atoms with Crippen LogP contribution >= 0.6 is 0 Å². The molecule has 0 spiro atoms. The van der Waals surface area contributed by atoms with Crippen LogP contribution in [0.2, 0.25) is 24.2 Å². The van der Waals surface area contributed by atoms with E-state index in [0.717, 1.165) is 0 Å². The fourth-order valence-corrected chi connectivity index (χ4v) is 13.5. The van der Waals surface area contributed by atoms with Gasteiger partial charge in [-0.15, -0.1) is 0 Å². The summed E-state index contributed by atoms with van der Waals surface area (Å²) >= 11 is 0. The lowest BCUT2D eigenvalue weighted by molar-refractivity contribution is 0.336. The zero-order valence-corrected chi connectivity index (χ0v) is 17.0. The highest BCUT2D eigenvalue weighted by Crippen LogP contribution is 2.43. The molecule has 1 aromatic rings. The van der Waals surface area contributed by atoms with E-state index < -0.39 is 16.9 Å². The van der Waals surface area contributed by atoms with Crippen LogP contribution in [0.5, 0.6) is 5.75 Å². The van der Waals surface area contributed by atoms with E-state index in [1.807, 2.05) is 0 Å². The van der Waals surface area contributed by atoms with E-state index in [-0.39, 0.29) is 0 Å². The Hall–Kier alpha value is -0.586. The number of aryl methyl sites for hydroxylation is 1. The molecule has 2 aliphatic rings. The van der Waals surface area contributed by atoms with Crippen LogP contribution in [0.3, 0.4) is 0 Å². The largest absolute Gasteiger partial charge is 0.520 e. The van der Waals surface area contributed by atoms with Crippen molar-refractivity contribution in [3.05, 3.63) is 23.3 Å². The minimum absolute atomic E-state index is 0.479. The van der Waals surface area contributed by atoms with Crippen molar-refractivity contribution in [1.29, 1.82) is 0 Å². The molecular formula is C18H30O2Si2. The summed E-state index contributed by atoms with van der Waals surface area (Å²) in [6, 6.07) is 4.65. The van der Waals surface area contributed by atoms with Gasteiger partial charge in [-0.25, -0.2) is 0 Å². The zero-order chi connectivity index (χ0) is 16.1. The lowest BCUT2D eigenvalue weighted by Crippen LogP contribution is -2.66. The molecule has 22 heavy (non-hydrogen) atoms. The van der Waals surface area contributed by atoms with Gasteiger partial charge in [-0.1, -0.05) is 39.8 Å². The summed E-state index contributed by atoms with van der Waals surface area (Å²) in [6.07, 6.45) is 5.02. The van der Waals surface area contributed by atoms with Crippen molar-refractivity contribution in [3.8, 4) is 5.75 Å². The smallest absolute Gasteiger partial charge is 0.394 e. The van der Waals surface area contributed by atoms with Gasteiger partial charge in [-0.3, -0.25) is 0 Å². The van der Waals surface area contributed by atoms with Gasteiger partial charge in [0.05, 0.1) is 0 Å². The Morgan fingerprint density at radius 1 is 0.955 bits per heavy atom. The lowest BCUT2D eigenvalue weighted by Gasteiger charge is -2.48. The summed E-state index contributed by atoms with van der Waals surface area (Å²) in [4.78, 5) is 0. The molecule has 0 bridgehead atoms. The van der Waals surface area contributed by atoms with E-state index >= 15 is 0 Å². The number of fused-ring (bicyclic) bond motifs is 3. The van der Waals surface area contributed by atoms with Gasteiger partial charge in [0, 0.05) is 16.3 Å². The van der Waals surface area contributed by atoms with Gasteiger partial charge in [0.15, 0.2) is 0 Å². The fourth-order valence-electron chi connectivity index (χ4n) is 4.16. The molecule has 2 nitrogen and oxygen atoms in total. The molecule has 0 atom stereocenters. The van der Waals surface area contributed by atoms with Crippen LogP contribution < -0.4 is 9.61 Å². The highest BCUT2D eigenvalue weighted by atomic mass is 28.4. The van der Waals surface area contributed by atoms with E-state index in [2.05, 4.69) is 52.9 Å². The first-order valence-corrected chi connectivity index (χ1v) is 13.7. The molecule has 0 saturated carbocycles. The van der Waals surface area contributed by atoms with Crippen molar-refractivity contribution in [2.45, 2.75) is 77.6 Å². The highest BCUT2D eigenvalue weighted by molar-refractivity contribution is 6.94. The third kappa shape index (κ3) is 2.40. The molecule has 1 aromatic carbocycles. The Morgan fingerprint density at radius 2 is 1.59 bits per heavy atom. The first kappa shape index (κ1) is 16.3. The Kier molecular flexibility index (Phi) is 4.07. The summed E-state index contributed by atoms with van der Waals surface area (Å²) in [5.41, 5.74) is 3.98. The normalized spacial score (nSPS) is 22.2. The molecule has 4 heteroatoms. The first-order chi connectivity index (χ1) is 10.3. The zero-order valence-electron chi connectivity index (χ0n) is 15.0. The minimum atomic E-state index is -2.22. The van der Waals surface area contributed by atoms with Gasteiger partial charge in [0.25, 0.3) is 0 Å². The number of hydrogen-bond donors (Lipinski definition) is 0. The molecule has 0 fully saturated rings. The Labute approximate surface area is 137 Å². The molecule has 0 N–H and O–H groups in total. The van der Waals surface area contributed by atoms with Crippen LogP contribution in [0.4, 0.5) is 0 Å². The quantitative estimate of drug-likeness (QED) is 0.733. The van der Waals surface area contributed by atoms with Gasteiger partial charge >= 0.3 is 8.56 Å². The summed E-state index contributed by atoms with van der Waals surface area (Å²) in [5.74, 6) is 1.24. The van der Waals surface area contributed by atoms with Crippen LogP contribution in [0, 0.1) is 0 Å². The first-order valence-electron chi connectivity index (χ1n) is 8.82. The molecule has 122 valence electrons. The van der Waals surface area contributed by atoms with Crippen LogP contribution in [-0.4, -0.2) is 16.9 Å². The third-order valence-corrected chi connectivity index (χ3v) is 14.2. The Bertz CT molecular complexity index is 571. The van der Waals surface area contributed by atoms with E-state index in [0.29, 0.717) is 11.1 Å². The van der Waals surface area contributed by atoms with Crippen molar-refractivity contribution in [3.63, 3.8) is 0 Å². The standard InChI is InChI=1S/C18H30O2Si2/c1-13(2)22(14(3)4)19-18-16-10-8-7-9-15(16)11-12-17(18)21(5,6)20-22/h11-14H,7-10H2,1-6H3. The monoisotopic (exact) mass is 334 g/mol. The lowest BCUT2D eigenvalue weighted by atomic mass is 9.91. The van der Waals surface area contributed by atoms with Crippen molar-refractivity contribution < 1.29 is 8.54 Å². The molecule has 1 aliphatic carbocycles. The van der Waals surface area contributed by atoms with E-state index in [1.54, 1.807) is 0 Å². The maximum atomic E-state index is 6.86. The molecule has 1 aliphatic heterocycles. The van der Waals surface area contributed by atoms with Crippen molar-refractivity contribution >= 4 is 22.1 Å². The second-order valence-corrected chi connectivity index (χ2v) is 16.4. The van der Waals surface area contributed by atoms with Crippen LogP contribution in [-0.2, 0) is 17.0 Å². The summed E-state index contributed by atoms with van der Waals surface area (Å²) in [5, 5.41) is 1.39. The predicted octanol–water partition coefficient (Wildman–Crippen LogP) is 4.65. The fraction of sp³-hybridized carbons (Fsp3) is 0.667. The van der Waals surface area contributed by atoms with Gasteiger partial charge in [-0.05, 0) is 49.9 Å². The molecular weight excluding hydrogens is 304 g/mol. The number of benzene rings is 1. The summed E-state index contributed by atoms with van der Waals surface area (Å²) in [6.45, 7) is 13.9. The number of rotatable bonds is 2. The van der Waals surface area contributed by atoms with E-state index in [9.17, 15) is 0 Å². The summed E-state index contributed by atoms with van der Waals surface area (Å²) in [7, 11) is -4.12. The maximum Gasteiger partial charge on any atom is 0.394 e. The second kappa shape index (κ2) is 5.50. The molecule has 0 amide bonds. The van der Waals surface area contributed by atoms with Crippen LogP contribution in [0.1, 0.15) is 51.7 Å². The average molecular weight is 335 g/mol. The molecule has 0 unspecified atom stereocenters. The topological polar surface area (TPSA) is 18.5 Å². The molecule has 0 aromatic heterocycles. The second-order valence-electron chi connectivity index (χ2n) is 8.03. The third-order valence-electron chi connectivity index (χ3n) is 5.41. The van der Waals surface area contributed by atoms with Crippen molar-refractivity contribution in [2.24, 2.45) is 0 Å². The van der Waals surface area contributed by atoms with E-state index in [1.165, 1.54) is 47.7 Å². The Balaban J connectivity index is 2.18. The van der Waals surface area contributed by atoms with Crippen LogP contribution in [0.15, 0.2) is 12.1 Å². The molecule has 0 saturated heterocycles. The predicted molar refractivity (Wildman–Crippen MR) is 97.9 cm³/mol. The highest BCUT2D eigenvalue weighted by Gasteiger charge is 2.55. The van der Waals surface area contributed by atoms with Gasteiger partial charge < -0.3 is 8.54 Å². The van der Waals surface area contributed by atoms with Crippen LogP contribution in [0.25, 0.3) is 0 Å². The molecule has 1 heterocycles. The molecule has 3 rings (SSSR count). The van der Waals surface area contributed by atoms with Crippen molar-refractivity contribution in [2.75, 3.05) is 0 Å². The minimum Gasteiger partial charge on any atom is -0.520 e. The Morgan fingerprint density at radius 3 is 2.23 bits per heavy atom. The van der Waals surface area contributed by atoms with Gasteiger partial charge in [0.2, 0.25) is 8.32 Å². The SMILES string of the molecule is CC(C)[Si]1(C(C)C)Oc2c(ccc3c2CCCC3)[Si](C)(C)O1. The molecule has 0 radical (unpaired) electrons. The maximum absolute atomic E-state index is 6.86. The van der Waals surface area contributed by atoms with Gasteiger partial charge in [0.1, 0.15) is 5.75 Å².